The maximum atomic E-state index is 12.1. The summed E-state index contributed by atoms with van der Waals surface area (Å²) >= 11 is 0. The van der Waals surface area contributed by atoms with Crippen molar-refractivity contribution >= 4 is 23.1 Å². The maximum Gasteiger partial charge on any atom is 0.328 e. The third-order valence-corrected chi connectivity index (χ3v) is 4.49. The number of carbonyl (C=O) groups excluding carboxylic acids is 2. The van der Waals surface area contributed by atoms with Crippen molar-refractivity contribution in [3.63, 3.8) is 0 Å². The van der Waals surface area contributed by atoms with Gasteiger partial charge in [0.15, 0.2) is 0 Å². The van der Waals surface area contributed by atoms with E-state index in [1.807, 2.05) is 4.52 Å². The molecule has 2 saturated heterocycles. The molecular formula is C15H18N6O2. The average molecular weight is 314 g/mol. The summed E-state index contributed by atoms with van der Waals surface area (Å²) in [4.78, 5) is 29.6. The molecule has 0 spiro atoms. The Bertz CT molecular complexity index is 764. The summed E-state index contributed by atoms with van der Waals surface area (Å²) in [7, 11) is 0. The smallest absolute Gasteiger partial charge is 0.317 e. The van der Waals surface area contributed by atoms with Gasteiger partial charge in [-0.3, -0.25) is 15.0 Å². The fourth-order valence-electron chi connectivity index (χ4n) is 3.29. The number of nitrogens with zero attached hydrogens (tertiary/aromatic N) is 4. The van der Waals surface area contributed by atoms with Crippen LogP contribution in [0.15, 0.2) is 18.5 Å². The van der Waals surface area contributed by atoms with Crippen LogP contribution in [0.2, 0.25) is 0 Å². The Morgan fingerprint density at radius 3 is 2.83 bits per heavy atom. The molecule has 0 radical (unpaired) electrons. The summed E-state index contributed by atoms with van der Waals surface area (Å²) in [6, 6.07) is 1.40. The Morgan fingerprint density at radius 2 is 2.04 bits per heavy atom. The molecule has 8 nitrogen and oxygen atoms in total. The van der Waals surface area contributed by atoms with E-state index in [9.17, 15) is 9.59 Å². The number of fused-ring (bicyclic) bond motifs is 1. The van der Waals surface area contributed by atoms with Crippen LogP contribution in [0.3, 0.4) is 0 Å². The minimum atomic E-state index is -0.390. The Hall–Kier alpha value is -2.48. The molecule has 0 atom stereocenters. The standard InChI is InChI=1S/C15H18N6O2/c22-13-4-8-20(15(23)19-13)11-3-7-18-21-12(11)9-17-14(21)10-1-5-16-6-2-10/h3,7,9-10,16H,1-2,4-6,8H2,(H,19,22,23). The highest BCUT2D eigenvalue weighted by Gasteiger charge is 2.27. The Labute approximate surface area is 132 Å². The van der Waals surface area contributed by atoms with Crippen molar-refractivity contribution in [2.45, 2.75) is 25.2 Å². The van der Waals surface area contributed by atoms with Gasteiger partial charge in [-0.15, -0.1) is 0 Å². The van der Waals surface area contributed by atoms with Gasteiger partial charge in [-0.2, -0.15) is 5.10 Å². The van der Waals surface area contributed by atoms with Crippen LogP contribution >= 0.6 is 0 Å². The number of anilines is 1. The molecule has 0 unspecified atom stereocenters. The van der Waals surface area contributed by atoms with Crippen molar-refractivity contribution in [2.75, 3.05) is 24.5 Å². The first-order valence-corrected chi connectivity index (χ1v) is 7.89. The van der Waals surface area contributed by atoms with E-state index in [1.54, 1.807) is 23.4 Å². The number of imide groups is 1. The van der Waals surface area contributed by atoms with Crippen molar-refractivity contribution in [3.05, 3.63) is 24.3 Å². The number of piperidine rings is 1. The van der Waals surface area contributed by atoms with Crippen molar-refractivity contribution in [2.24, 2.45) is 0 Å². The number of carbonyl (C=O) groups is 2. The van der Waals surface area contributed by atoms with E-state index in [0.29, 0.717) is 18.9 Å². The molecule has 0 saturated carbocycles. The molecule has 4 rings (SSSR count). The highest BCUT2D eigenvalue weighted by molar-refractivity contribution is 6.07. The van der Waals surface area contributed by atoms with Gasteiger partial charge in [0.2, 0.25) is 5.91 Å². The normalized spacial score (nSPS) is 20.1. The lowest BCUT2D eigenvalue weighted by molar-refractivity contribution is -0.120. The van der Waals surface area contributed by atoms with E-state index in [-0.39, 0.29) is 11.9 Å². The zero-order chi connectivity index (χ0) is 15.8. The van der Waals surface area contributed by atoms with Gasteiger partial charge in [-0.25, -0.2) is 14.3 Å². The van der Waals surface area contributed by atoms with Crippen LogP contribution in [0.25, 0.3) is 5.52 Å². The lowest BCUT2D eigenvalue weighted by Gasteiger charge is -2.27. The number of aromatic nitrogens is 3. The van der Waals surface area contributed by atoms with Gasteiger partial charge in [0.05, 0.1) is 18.1 Å². The molecule has 2 aromatic heterocycles. The number of nitrogens with one attached hydrogen (secondary N) is 2. The van der Waals surface area contributed by atoms with Crippen molar-refractivity contribution in [3.8, 4) is 0 Å². The molecule has 0 bridgehead atoms. The van der Waals surface area contributed by atoms with E-state index in [2.05, 4.69) is 20.7 Å². The van der Waals surface area contributed by atoms with Crippen molar-refractivity contribution in [1.82, 2.24) is 25.2 Å². The second kappa shape index (κ2) is 5.62. The number of rotatable bonds is 2. The van der Waals surface area contributed by atoms with E-state index in [4.69, 9.17) is 0 Å². The summed E-state index contributed by atoms with van der Waals surface area (Å²) in [5, 5.41) is 10.1. The number of hydrogen-bond donors (Lipinski definition) is 2. The Kier molecular flexibility index (Phi) is 3.45. The molecule has 2 aromatic rings. The van der Waals surface area contributed by atoms with Crippen LogP contribution in [0.5, 0.6) is 0 Å². The predicted octanol–water partition coefficient (Wildman–Crippen LogP) is 0.643. The SMILES string of the molecule is O=C1CCN(c2ccnn3c(C4CCNCC4)ncc23)C(=O)N1. The summed E-state index contributed by atoms with van der Waals surface area (Å²) in [5.74, 6) is 1.08. The molecule has 2 fully saturated rings. The van der Waals surface area contributed by atoms with Crippen LogP contribution in [-0.4, -0.2) is 46.2 Å². The molecule has 2 aliphatic heterocycles. The minimum absolute atomic E-state index is 0.236. The molecule has 0 aromatic carbocycles. The monoisotopic (exact) mass is 314 g/mol. The van der Waals surface area contributed by atoms with Crippen LogP contribution in [-0.2, 0) is 4.79 Å². The molecule has 3 amide bonds. The van der Waals surface area contributed by atoms with Gasteiger partial charge < -0.3 is 5.32 Å². The first-order chi connectivity index (χ1) is 11.2. The van der Waals surface area contributed by atoms with E-state index in [1.165, 1.54) is 0 Å². The van der Waals surface area contributed by atoms with E-state index >= 15 is 0 Å². The minimum Gasteiger partial charge on any atom is -0.317 e. The first kappa shape index (κ1) is 14.1. The fourth-order valence-corrected chi connectivity index (χ4v) is 3.29. The lowest BCUT2D eigenvalue weighted by atomic mass is 9.97. The number of amides is 3. The Balaban J connectivity index is 1.73. The molecule has 2 N–H and O–H groups in total. The fraction of sp³-hybridized carbons (Fsp3) is 0.467. The zero-order valence-corrected chi connectivity index (χ0v) is 12.7. The van der Waals surface area contributed by atoms with Crippen LogP contribution < -0.4 is 15.5 Å². The summed E-state index contributed by atoms with van der Waals surface area (Å²) in [6.45, 7) is 2.34. The topological polar surface area (TPSA) is 91.6 Å². The summed E-state index contributed by atoms with van der Waals surface area (Å²) in [5.41, 5.74) is 1.53. The highest BCUT2D eigenvalue weighted by atomic mass is 16.2. The third-order valence-electron chi connectivity index (χ3n) is 4.49. The number of imidazole rings is 1. The lowest BCUT2D eigenvalue weighted by Crippen LogP contribution is -2.49. The van der Waals surface area contributed by atoms with Crippen LogP contribution in [0.1, 0.15) is 31.0 Å². The first-order valence-electron chi connectivity index (χ1n) is 7.89. The number of hydrogen-bond acceptors (Lipinski definition) is 5. The quantitative estimate of drug-likeness (QED) is 0.849. The van der Waals surface area contributed by atoms with Gasteiger partial charge in [0.1, 0.15) is 11.3 Å². The van der Waals surface area contributed by atoms with Gasteiger partial charge in [-0.05, 0) is 32.0 Å². The largest absolute Gasteiger partial charge is 0.328 e. The van der Waals surface area contributed by atoms with Gasteiger partial charge in [-0.1, -0.05) is 0 Å². The van der Waals surface area contributed by atoms with Crippen LogP contribution in [0.4, 0.5) is 10.5 Å². The summed E-state index contributed by atoms with van der Waals surface area (Å²) < 4.78 is 1.83. The molecule has 8 heteroatoms. The van der Waals surface area contributed by atoms with Gasteiger partial charge in [0, 0.05) is 18.9 Å². The molecule has 4 heterocycles. The van der Waals surface area contributed by atoms with E-state index < -0.39 is 0 Å². The van der Waals surface area contributed by atoms with E-state index in [0.717, 1.165) is 43.0 Å². The molecule has 2 aliphatic rings. The molecular weight excluding hydrogens is 296 g/mol. The average Bonchev–Trinajstić information content (AvgIpc) is 3.00. The summed E-state index contributed by atoms with van der Waals surface area (Å²) in [6.07, 6.45) is 5.81. The molecule has 0 aliphatic carbocycles. The predicted molar refractivity (Wildman–Crippen MR) is 83.3 cm³/mol. The second-order valence-corrected chi connectivity index (χ2v) is 5.91. The molecule has 120 valence electrons. The zero-order valence-electron chi connectivity index (χ0n) is 12.7. The number of urea groups is 1. The van der Waals surface area contributed by atoms with Crippen molar-refractivity contribution in [1.29, 1.82) is 0 Å². The van der Waals surface area contributed by atoms with Crippen molar-refractivity contribution < 1.29 is 9.59 Å². The second-order valence-electron chi connectivity index (χ2n) is 5.91. The van der Waals surface area contributed by atoms with Gasteiger partial charge in [0.25, 0.3) is 0 Å². The van der Waals surface area contributed by atoms with Gasteiger partial charge >= 0.3 is 6.03 Å². The maximum absolute atomic E-state index is 12.1. The highest BCUT2D eigenvalue weighted by Crippen LogP contribution is 2.28. The molecule has 23 heavy (non-hydrogen) atoms. The van der Waals surface area contributed by atoms with Crippen LogP contribution in [0, 0.1) is 0 Å². The Morgan fingerprint density at radius 1 is 1.22 bits per heavy atom. The third kappa shape index (κ3) is 2.44.